The fraction of sp³-hybridized carbons (Fsp3) is 0.429. The molecule has 0 aromatic heterocycles. The molecule has 0 saturated carbocycles. The zero-order chi connectivity index (χ0) is 14.0. The van der Waals surface area contributed by atoms with Gasteiger partial charge in [0.2, 0.25) is 5.91 Å². The molecule has 1 aliphatic rings. The third-order valence-corrected chi connectivity index (χ3v) is 3.13. The number of carboxylic acids is 1. The van der Waals surface area contributed by atoms with Crippen molar-refractivity contribution in [3.63, 3.8) is 0 Å². The predicted octanol–water partition coefficient (Wildman–Crippen LogP) is 1.39. The van der Waals surface area contributed by atoms with Gasteiger partial charge in [-0.05, 0) is 31.5 Å². The van der Waals surface area contributed by atoms with E-state index in [1.54, 1.807) is 12.1 Å². The van der Waals surface area contributed by atoms with Crippen LogP contribution in [-0.2, 0) is 9.59 Å². The Balaban J connectivity index is 2.18. The molecular weight excluding hydrogens is 246 g/mol. The molecule has 1 aromatic rings. The monoisotopic (exact) mass is 263 g/mol. The molecule has 2 atom stereocenters. The lowest BCUT2D eigenvalue weighted by Gasteiger charge is -2.15. The summed E-state index contributed by atoms with van der Waals surface area (Å²) in [4.78, 5) is 22.6. The van der Waals surface area contributed by atoms with Crippen molar-refractivity contribution in [3.8, 4) is 5.75 Å². The molecule has 1 saturated heterocycles. The SMILES string of the molecule is CC(C)Oc1ccc([C@@H]2CNC(=O)[C@@H]2C(=O)O)cc1. The largest absolute Gasteiger partial charge is 0.491 e. The fourth-order valence-corrected chi connectivity index (χ4v) is 2.28. The summed E-state index contributed by atoms with van der Waals surface area (Å²) in [5.74, 6) is -2.08. The third kappa shape index (κ3) is 2.86. The minimum atomic E-state index is -1.08. The lowest BCUT2D eigenvalue weighted by Crippen LogP contribution is -2.26. The van der Waals surface area contributed by atoms with Crippen LogP contribution in [0.1, 0.15) is 25.3 Å². The van der Waals surface area contributed by atoms with Crippen molar-refractivity contribution in [2.24, 2.45) is 5.92 Å². The Bertz CT molecular complexity index is 481. The molecule has 1 amide bonds. The number of aliphatic carboxylic acids is 1. The van der Waals surface area contributed by atoms with Crippen LogP contribution in [0.3, 0.4) is 0 Å². The van der Waals surface area contributed by atoms with Gasteiger partial charge in [-0.3, -0.25) is 9.59 Å². The molecule has 5 nitrogen and oxygen atoms in total. The van der Waals surface area contributed by atoms with Crippen molar-refractivity contribution in [1.82, 2.24) is 5.32 Å². The minimum absolute atomic E-state index is 0.0901. The molecule has 2 rings (SSSR count). The number of carboxylic acid groups (broad SMARTS) is 1. The van der Waals surface area contributed by atoms with E-state index >= 15 is 0 Å². The minimum Gasteiger partial charge on any atom is -0.491 e. The van der Waals surface area contributed by atoms with Crippen molar-refractivity contribution < 1.29 is 19.4 Å². The zero-order valence-electron chi connectivity index (χ0n) is 10.9. The van der Waals surface area contributed by atoms with E-state index in [4.69, 9.17) is 9.84 Å². The third-order valence-electron chi connectivity index (χ3n) is 3.13. The van der Waals surface area contributed by atoms with Gasteiger partial charge in [-0.1, -0.05) is 12.1 Å². The predicted molar refractivity (Wildman–Crippen MR) is 69.1 cm³/mol. The van der Waals surface area contributed by atoms with E-state index in [2.05, 4.69) is 5.32 Å². The number of hydrogen-bond donors (Lipinski definition) is 2. The molecule has 2 N–H and O–H groups in total. The van der Waals surface area contributed by atoms with Gasteiger partial charge in [-0.25, -0.2) is 0 Å². The van der Waals surface area contributed by atoms with Crippen LogP contribution in [-0.4, -0.2) is 29.6 Å². The number of benzene rings is 1. The number of carbonyl (C=O) groups excluding carboxylic acids is 1. The zero-order valence-corrected chi connectivity index (χ0v) is 10.9. The Morgan fingerprint density at radius 2 is 2.00 bits per heavy atom. The summed E-state index contributed by atoms with van der Waals surface area (Å²) in [5, 5.41) is 11.7. The molecule has 1 aromatic carbocycles. The second-order valence-electron chi connectivity index (χ2n) is 4.90. The first-order valence-electron chi connectivity index (χ1n) is 6.26. The summed E-state index contributed by atoms with van der Waals surface area (Å²) in [6.07, 6.45) is 0.0901. The second-order valence-corrected chi connectivity index (χ2v) is 4.90. The average Bonchev–Trinajstić information content (AvgIpc) is 2.71. The number of ether oxygens (including phenoxy) is 1. The maximum absolute atomic E-state index is 11.5. The normalized spacial score (nSPS) is 22.4. The van der Waals surface area contributed by atoms with Crippen LogP contribution in [0.15, 0.2) is 24.3 Å². The molecule has 1 heterocycles. The topological polar surface area (TPSA) is 75.6 Å². The summed E-state index contributed by atoms with van der Waals surface area (Å²) in [7, 11) is 0. The van der Waals surface area contributed by atoms with Crippen molar-refractivity contribution in [2.75, 3.05) is 6.54 Å². The number of nitrogens with one attached hydrogen (secondary N) is 1. The molecule has 0 bridgehead atoms. The Kier molecular flexibility index (Phi) is 3.74. The van der Waals surface area contributed by atoms with Crippen molar-refractivity contribution in [2.45, 2.75) is 25.9 Å². The molecule has 0 spiro atoms. The van der Waals surface area contributed by atoms with Gasteiger partial charge in [0.15, 0.2) is 0 Å². The van der Waals surface area contributed by atoms with Gasteiger partial charge in [0.05, 0.1) is 6.10 Å². The van der Waals surface area contributed by atoms with Crippen LogP contribution in [0.25, 0.3) is 0 Å². The van der Waals surface area contributed by atoms with E-state index in [1.165, 1.54) is 0 Å². The molecule has 1 fully saturated rings. The molecule has 19 heavy (non-hydrogen) atoms. The molecule has 0 radical (unpaired) electrons. The molecule has 5 heteroatoms. The smallest absolute Gasteiger partial charge is 0.316 e. The molecule has 1 aliphatic heterocycles. The van der Waals surface area contributed by atoms with Crippen LogP contribution < -0.4 is 10.1 Å². The highest BCUT2D eigenvalue weighted by atomic mass is 16.5. The number of amides is 1. The standard InChI is InChI=1S/C14H17NO4/c1-8(2)19-10-5-3-9(4-6-10)11-7-15-13(16)12(11)14(17)18/h3-6,8,11-12H,7H2,1-2H3,(H,15,16)(H,17,18)/t11-,12+/m0/s1. The Labute approximate surface area is 111 Å². The lowest BCUT2D eigenvalue weighted by molar-refractivity contribution is -0.145. The van der Waals surface area contributed by atoms with Crippen LogP contribution in [0.4, 0.5) is 0 Å². The van der Waals surface area contributed by atoms with E-state index in [9.17, 15) is 9.59 Å². The van der Waals surface area contributed by atoms with Gasteiger partial charge in [0.25, 0.3) is 0 Å². The van der Waals surface area contributed by atoms with Gasteiger partial charge >= 0.3 is 5.97 Å². The number of rotatable bonds is 4. The first kappa shape index (κ1) is 13.4. The molecule has 0 unspecified atom stereocenters. The number of carbonyl (C=O) groups is 2. The van der Waals surface area contributed by atoms with Crippen LogP contribution >= 0.6 is 0 Å². The highest BCUT2D eigenvalue weighted by molar-refractivity contribution is 5.99. The van der Waals surface area contributed by atoms with E-state index < -0.39 is 17.8 Å². The first-order valence-corrected chi connectivity index (χ1v) is 6.26. The molecule has 102 valence electrons. The molecular formula is C14H17NO4. The van der Waals surface area contributed by atoms with Crippen molar-refractivity contribution >= 4 is 11.9 Å². The highest BCUT2D eigenvalue weighted by Gasteiger charge is 2.40. The maximum Gasteiger partial charge on any atom is 0.316 e. The summed E-state index contributed by atoms with van der Waals surface area (Å²) >= 11 is 0. The summed E-state index contributed by atoms with van der Waals surface area (Å²) in [6, 6.07) is 7.24. The quantitative estimate of drug-likeness (QED) is 0.805. The van der Waals surface area contributed by atoms with E-state index in [0.717, 1.165) is 11.3 Å². The van der Waals surface area contributed by atoms with Gasteiger partial charge in [0, 0.05) is 12.5 Å². The lowest BCUT2D eigenvalue weighted by atomic mass is 9.88. The van der Waals surface area contributed by atoms with Crippen LogP contribution in [0.2, 0.25) is 0 Å². The average molecular weight is 263 g/mol. The van der Waals surface area contributed by atoms with E-state index in [-0.39, 0.29) is 12.0 Å². The van der Waals surface area contributed by atoms with Gasteiger partial charge in [0.1, 0.15) is 11.7 Å². The highest BCUT2D eigenvalue weighted by Crippen LogP contribution is 2.30. The molecule has 0 aliphatic carbocycles. The Morgan fingerprint density at radius 1 is 1.37 bits per heavy atom. The summed E-state index contributed by atoms with van der Waals surface area (Å²) < 4.78 is 5.53. The number of hydrogen-bond acceptors (Lipinski definition) is 3. The summed E-state index contributed by atoms with van der Waals surface area (Å²) in [6.45, 7) is 4.24. The summed E-state index contributed by atoms with van der Waals surface area (Å²) in [5.41, 5.74) is 0.835. The first-order chi connectivity index (χ1) is 8.99. The van der Waals surface area contributed by atoms with Gasteiger partial charge in [-0.2, -0.15) is 0 Å². The van der Waals surface area contributed by atoms with Crippen molar-refractivity contribution in [1.29, 1.82) is 0 Å². The van der Waals surface area contributed by atoms with E-state index in [1.807, 2.05) is 26.0 Å². The van der Waals surface area contributed by atoms with Gasteiger partial charge in [-0.15, -0.1) is 0 Å². The van der Waals surface area contributed by atoms with E-state index in [0.29, 0.717) is 6.54 Å². The van der Waals surface area contributed by atoms with Crippen LogP contribution in [0, 0.1) is 5.92 Å². The van der Waals surface area contributed by atoms with Crippen LogP contribution in [0.5, 0.6) is 5.75 Å². The second kappa shape index (κ2) is 5.30. The fourth-order valence-electron chi connectivity index (χ4n) is 2.28. The van der Waals surface area contributed by atoms with Crippen molar-refractivity contribution in [3.05, 3.63) is 29.8 Å². The maximum atomic E-state index is 11.5. The Hall–Kier alpha value is -2.04. The Morgan fingerprint density at radius 3 is 2.53 bits per heavy atom. The van der Waals surface area contributed by atoms with Gasteiger partial charge < -0.3 is 15.2 Å².